The Balaban J connectivity index is 2.57. The molecule has 0 fully saturated rings. The predicted octanol–water partition coefficient (Wildman–Crippen LogP) is 3.27. The lowest BCUT2D eigenvalue weighted by Crippen LogP contribution is -2.31. The molecule has 0 aliphatic heterocycles. The van der Waals surface area contributed by atoms with Crippen molar-refractivity contribution in [2.24, 2.45) is 0 Å². The Bertz CT molecular complexity index is 677. The molecule has 4 nitrogen and oxygen atoms in total. The molecule has 0 radical (unpaired) electrons. The fraction of sp³-hybridized carbons (Fsp3) is 0.412. The van der Waals surface area contributed by atoms with Crippen molar-refractivity contribution in [2.45, 2.75) is 46.6 Å². The number of rotatable bonds is 5. The quantitative estimate of drug-likeness (QED) is 0.921. The molecule has 2 aromatic rings. The van der Waals surface area contributed by atoms with Crippen LogP contribution in [0.4, 0.5) is 4.39 Å². The Kier molecular flexibility index (Phi) is 4.96. The van der Waals surface area contributed by atoms with Crippen LogP contribution in [-0.4, -0.2) is 21.7 Å². The van der Waals surface area contributed by atoms with E-state index in [1.807, 2.05) is 27.7 Å². The molecule has 2 rings (SSSR count). The molecule has 118 valence electrons. The van der Waals surface area contributed by atoms with Crippen molar-refractivity contribution in [3.63, 3.8) is 0 Å². The first-order valence-electron chi connectivity index (χ1n) is 7.65. The maximum absolute atomic E-state index is 13.5. The Morgan fingerprint density at radius 2 is 2.05 bits per heavy atom. The summed E-state index contributed by atoms with van der Waals surface area (Å²) < 4.78 is 15.2. The van der Waals surface area contributed by atoms with Gasteiger partial charge in [-0.1, -0.05) is 19.9 Å². The standard InChI is InChI=1S/C17H22FN3O/c1-5-14-16(17(22)19-11(3)4)15(6-2)21(20-14)13-9-7-8-12(18)10-13/h7-11H,5-6H2,1-4H3,(H,19,22). The molecule has 0 unspecified atom stereocenters. The summed E-state index contributed by atoms with van der Waals surface area (Å²) in [4.78, 5) is 12.5. The molecule has 1 heterocycles. The molecule has 5 heteroatoms. The Morgan fingerprint density at radius 1 is 1.32 bits per heavy atom. The van der Waals surface area contributed by atoms with E-state index in [-0.39, 0.29) is 17.8 Å². The van der Waals surface area contributed by atoms with Crippen molar-refractivity contribution in [3.05, 3.63) is 47.0 Å². The van der Waals surface area contributed by atoms with E-state index in [9.17, 15) is 9.18 Å². The molecule has 0 spiro atoms. The van der Waals surface area contributed by atoms with Gasteiger partial charge in [0.25, 0.3) is 5.91 Å². The third-order valence-electron chi connectivity index (χ3n) is 3.42. The SMILES string of the molecule is CCc1nn(-c2cccc(F)c2)c(CC)c1C(=O)NC(C)C. The highest BCUT2D eigenvalue weighted by atomic mass is 19.1. The van der Waals surface area contributed by atoms with Crippen LogP contribution in [0, 0.1) is 5.82 Å². The fourth-order valence-corrected chi connectivity index (χ4v) is 2.50. The number of aromatic nitrogens is 2. The number of nitrogens with zero attached hydrogens (tertiary/aromatic N) is 2. The van der Waals surface area contributed by atoms with E-state index < -0.39 is 0 Å². The summed E-state index contributed by atoms with van der Waals surface area (Å²) in [6.45, 7) is 7.78. The molecule has 0 atom stereocenters. The number of hydrogen-bond donors (Lipinski definition) is 1. The van der Waals surface area contributed by atoms with Gasteiger partial charge in [0.15, 0.2) is 0 Å². The summed E-state index contributed by atoms with van der Waals surface area (Å²) in [5, 5.41) is 7.45. The molecular weight excluding hydrogens is 281 g/mol. The maximum Gasteiger partial charge on any atom is 0.255 e. The lowest BCUT2D eigenvalue weighted by Gasteiger charge is -2.10. The number of halogens is 1. The highest BCUT2D eigenvalue weighted by Gasteiger charge is 2.22. The van der Waals surface area contributed by atoms with Gasteiger partial charge in [0.2, 0.25) is 0 Å². The van der Waals surface area contributed by atoms with Gasteiger partial charge in [-0.3, -0.25) is 4.79 Å². The van der Waals surface area contributed by atoms with E-state index in [0.717, 1.165) is 11.4 Å². The number of nitrogens with one attached hydrogen (secondary N) is 1. The predicted molar refractivity (Wildman–Crippen MR) is 84.9 cm³/mol. The Labute approximate surface area is 130 Å². The summed E-state index contributed by atoms with van der Waals surface area (Å²) in [7, 11) is 0. The van der Waals surface area contributed by atoms with Gasteiger partial charge in [0, 0.05) is 6.04 Å². The van der Waals surface area contributed by atoms with Gasteiger partial charge >= 0.3 is 0 Å². The molecule has 0 saturated carbocycles. The fourth-order valence-electron chi connectivity index (χ4n) is 2.50. The van der Waals surface area contributed by atoms with E-state index in [1.54, 1.807) is 16.8 Å². The first kappa shape index (κ1) is 16.2. The van der Waals surface area contributed by atoms with Gasteiger partial charge in [-0.15, -0.1) is 0 Å². The van der Waals surface area contributed by atoms with Crippen LogP contribution in [0.15, 0.2) is 24.3 Å². The molecule has 22 heavy (non-hydrogen) atoms. The number of carbonyl (C=O) groups is 1. The zero-order valence-electron chi connectivity index (χ0n) is 13.5. The normalized spacial score (nSPS) is 11.0. The number of aryl methyl sites for hydroxylation is 1. The minimum atomic E-state index is -0.318. The summed E-state index contributed by atoms with van der Waals surface area (Å²) in [6.07, 6.45) is 1.29. The van der Waals surface area contributed by atoms with Crippen LogP contribution in [-0.2, 0) is 12.8 Å². The average molecular weight is 303 g/mol. The summed E-state index contributed by atoms with van der Waals surface area (Å²) in [5.74, 6) is -0.437. The van der Waals surface area contributed by atoms with Crippen molar-refractivity contribution in [1.29, 1.82) is 0 Å². The number of amides is 1. The molecule has 0 aliphatic carbocycles. The molecule has 1 aromatic heterocycles. The third kappa shape index (κ3) is 3.18. The molecule has 1 N–H and O–H groups in total. The van der Waals surface area contributed by atoms with E-state index in [2.05, 4.69) is 10.4 Å². The number of hydrogen-bond acceptors (Lipinski definition) is 2. The lowest BCUT2D eigenvalue weighted by atomic mass is 10.1. The monoisotopic (exact) mass is 303 g/mol. The van der Waals surface area contributed by atoms with Gasteiger partial charge in [0.05, 0.1) is 22.6 Å². The van der Waals surface area contributed by atoms with Gasteiger partial charge in [0.1, 0.15) is 5.82 Å². The van der Waals surface area contributed by atoms with Crippen LogP contribution in [0.5, 0.6) is 0 Å². The second-order valence-corrected chi connectivity index (χ2v) is 5.50. The highest BCUT2D eigenvalue weighted by Crippen LogP contribution is 2.21. The van der Waals surface area contributed by atoms with Crippen LogP contribution in [0.2, 0.25) is 0 Å². The second-order valence-electron chi connectivity index (χ2n) is 5.50. The topological polar surface area (TPSA) is 46.9 Å². The Morgan fingerprint density at radius 3 is 2.59 bits per heavy atom. The second kappa shape index (κ2) is 6.73. The molecule has 1 aromatic carbocycles. The van der Waals surface area contributed by atoms with Gasteiger partial charge in [-0.05, 0) is 44.9 Å². The smallest absolute Gasteiger partial charge is 0.255 e. The van der Waals surface area contributed by atoms with Gasteiger partial charge < -0.3 is 5.32 Å². The van der Waals surface area contributed by atoms with E-state index in [0.29, 0.717) is 24.1 Å². The highest BCUT2D eigenvalue weighted by molar-refractivity contribution is 5.96. The summed E-state index contributed by atoms with van der Waals surface area (Å²) in [6, 6.07) is 6.31. The van der Waals surface area contributed by atoms with Gasteiger partial charge in [-0.2, -0.15) is 5.10 Å². The van der Waals surface area contributed by atoms with Crippen molar-refractivity contribution in [1.82, 2.24) is 15.1 Å². The lowest BCUT2D eigenvalue weighted by molar-refractivity contribution is 0.0941. The number of benzene rings is 1. The minimum absolute atomic E-state index is 0.0550. The molecule has 0 aliphatic rings. The summed E-state index contributed by atoms with van der Waals surface area (Å²) in [5.41, 5.74) is 2.79. The van der Waals surface area contributed by atoms with Crippen LogP contribution in [0.25, 0.3) is 5.69 Å². The van der Waals surface area contributed by atoms with Gasteiger partial charge in [-0.25, -0.2) is 9.07 Å². The van der Waals surface area contributed by atoms with Crippen molar-refractivity contribution in [3.8, 4) is 5.69 Å². The van der Waals surface area contributed by atoms with Crippen LogP contribution in [0.1, 0.15) is 49.4 Å². The van der Waals surface area contributed by atoms with E-state index in [1.165, 1.54) is 12.1 Å². The number of carbonyl (C=O) groups excluding carboxylic acids is 1. The zero-order chi connectivity index (χ0) is 16.3. The van der Waals surface area contributed by atoms with Crippen molar-refractivity contribution < 1.29 is 9.18 Å². The van der Waals surface area contributed by atoms with Crippen LogP contribution >= 0.6 is 0 Å². The first-order valence-corrected chi connectivity index (χ1v) is 7.65. The zero-order valence-corrected chi connectivity index (χ0v) is 13.5. The third-order valence-corrected chi connectivity index (χ3v) is 3.42. The van der Waals surface area contributed by atoms with Crippen molar-refractivity contribution in [2.75, 3.05) is 0 Å². The van der Waals surface area contributed by atoms with Crippen molar-refractivity contribution >= 4 is 5.91 Å². The Hall–Kier alpha value is -2.17. The average Bonchev–Trinajstić information content (AvgIpc) is 2.85. The van der Waals surface area contributed by atoms with Crippen LogP contribution < -0.4 is 5.32 Å². The minimum Gasteiger partial charge on any atom is -0.350 e. The van der Waals surface area contributed by atoms with Crippen LogP contribution in [0.3, 0.4) is 0 Å². The van der Waals surface area contributed by atoms with E-state index >= 15 is 0 Å². The first-order chi connectivity index (χ1) is 10.5. The van der Waals surface area contributed by atoms with E-state index in [4.69, 9.17) is 0 Å². The molecular formula is C17H22FN3O. The molecule has 0 saturated heterocycles. The molecule has 1 amide bonds. The summed E-state index contributed by atoms with van der Waals surface area (Å²) >= 11 is 0. The maximum atomic E-state index is 13.5. The molecule has 0 bridgehead atoms. The largest absolute Gasteiger partial charge is 0.350 e.